The highest BCUT2D eigenvalue weighted by Crippen LogP contribution is 2.18. The van der Waals surface area contributed by atoms with Crippen LogP contribution in [0, 0.1) is 0 Å². The minimum Gasteiger partial charge on any atom is -0.494 e. The van der Waals surface area contributed by atoms with Crippen LogP contribution in [-0.4, -0.2) is 37.2 Å². The second-order valence-corrected chi connectivity index (χ2v) is 4.92. The van der Waals surface area contributed by atoms with E-state index in [1.54, 1.807) is 0 Å². The SMILES string of the molecule is CCOc1cccc(CC(CN)N2CCCC2)c1. The third kappa shape index (κ3) is 3.47. The molecule has 1 unspecified atom stereocenters. The summed E-state index contributed by atoms with van der Waals surface area (Å²) >= 11 is 0. The molecule has 100 valence electrons. The van der Waals surface area contributed by atoms with Crippen molar-refractivity contribution < 1.29 is 4.74 Å². The number of ether oxygens (including phenoxy) is 1. The number of nitrogens with zero attached hydrogens (tertiary/aromatic N) is 1. The average Bonchev–Trinajstić information content (AvgIpc) is 2.90. The predicted octanol–water partition coefficient (Wildman–Crippen LogP) is 2.05. The first kappa shape index (κ1) is 13.4. The number of hydrogen-bond acceptors (Lipinski definition) is 3. The highest BCUT2D eigenvalue weighted by molar-refractivity contribution is 5.29. The van der Waals surface area contributed by atoms with E-state index in [-0.39, 0.29) is 0 Å². The van der Waals surface area contributed by atoms with E-state index in [1.165, 1.54) is 31.5 Å². The van der Waals surface area contributed by atoms with Crippen LogP contribution in [0.3, 0.4) is 0 Å². The summed E-state index contributed by atoms with van der Waals surface area (Å²) in [6.45, 7) is 5.87. The van der Waals surface area contributed by atoms with Crippen LogP contribution in [0.15, 0.2) is 24.3 Å². The molecular weight excluding hydrogens is 224 g/mol. The van der Waals surface area contributed by atoms with Gasteiger partial charge in [-0.05, 0) is 57.0 Å². The molecule has 1 atom stereocenters. The Morgan fingerprint density at radius 1 is 1.33 bits per heavy atom. The monoisotopic (exact) mass is 248 g/mol. The summed E-state index contributed by atoms with van der Waals surface area (Å²) in [5.41, 5.74) is 7.25. The van der Waals surface area contributed by atoms with Gasteiger partial charge in [0.05, 0.1) is 6.61 Å². The lowest BCUT2D eigenvalue weighted by Gasteiger charge is -2.26. The number of rotatable bonds is 6. The van der Waals surface area contributed by atoms with Crippen LogP contribution in [0.4, 0.5) is 0 Å². The van der Waals surface area contributed by atoms with E-state index in [4.69, 9.17) is 10.5 Å². The Morgan fingerprint density at radius 2 is 2.11 bits per heavy atom. The maximum Gasteiger partial charge on any atom is 0.119 e. The van der Waals surface area contributed by atoms with E-state index in [0.29, 0.717) is 6.04 Å². The van der Waals surface area contributed by atoms with E-state index in [2.05, 4.69) is 23.1 Å². The van der Waals surface area contributed by atoms with Gasteiger partial charge >= 0.3 is 0 Å². The first-order chi connectivity index (χ1) is 8.83. The molecule has 0 saturated carbocycles. The Hall–Kier alpha value is -1.06. The van der Waals surface area contributed by atoms with Crippen molar-refractivity contribution in [2.45, 2.75) is 32.2 Å². The Morgan fingerprint density at radius 3 is 2.78 bits per heavy atom. The largest absolute Gasteiger partial charge is 0.494 e. The van der Waals surface area contributed by atoms with Gasteiger partial charge in [0.15, 0.2) is 0 Å². The molecule has 0 amide bonds. The van der Waals surface area contributed by atoms with Crippen molar-refractivity contribution >= 4 is 0 Å². The van der Waals surface area contributed by atoms with Crippen LogP contribution < -0.4 is 10.5 Å². The maximum atomic E-state index is 5.92. The fraction of sp³-hybridized carbons (Fsp3) is 0.600. The normalized spacial score (nSPS) is 17.9. The molecule has 0 bridgehead atoms. The van der Waals surface area contributed by atoms with Crippen molar-refractivity contribution in [1.82, 2.24) is 4.90 Å². The highest BCUT2D eigenvalue weighted by atomic mass is 16.5. The van der Waals surface area contributed by atoms with E-state index in [1.807, 2.05) is 13.0 Å². The van der Waals surface area contributed by atoms with Crippen molar-refractivity contribution in [3.63, 3.8) is 0 Å². The molecule has 0 aromatic heterocycles. The van der Waals surface area contributed by atoms with Gasteiger partial charge in [-0.25, -0.2) is 0 Å². The zero-order chi connectivity index (χ0) is 12.8. The Kier molecular flexibility index (Phi) is 5.02. The minimum absolute atomic E-state index is 0.476. The Bertz CT molecular complexity index is 361. The molecule has 1 saturated heterocycles. The number of likely N-dealkylation sites (tertiary alicyclic amines) is 1. The molecule has 1 aromatic rings. The van der Waals surface area contributed by atoms with Gasteiger partial charge in [0.2, 0.25) is 0 Å². The van der Waals surface area contributed by atoms with Gasteiger partial charge in [0, 0.05) is 12.6 Å². The summed E-state index contributed by atoms with van der Waals surface area (Å²) in [5, 5.41) is 0. The molecule has 1 aliphatic heterocycles. The van der Waals surface area contributed by atoms with Gasteiger partial charge in [-0.15, -0.1) is 0 Å². The Balaban J connectivity index is 1.99. The summed E-state index contributed by atoms with van der Waals surface area (Å²) < 4.78 is 5.54. The summed E-state index contributed by atoms with van der Waals surface area (Å²) in [6.07, 6.45) is 3.66. The summed E-state index contributed by atoms with van der Waals surface area (Å²) in [5.74, 6) is 0.965. The fourth-order valence-electron chi connectivity index (χ4n) is 2.67. The summed E-state index contributed by atoms with van der Waals surface area (Å²) in [6, 6.07) is 8.87. The average molecular weight is 248 g/mol. The lowest BCUT2D eigenvalue weighted by Crippen LogP contribution is -2.40. The standard InChI is InChI=1S/C15H24N2O/c1-2-18-15-7-5-6-13(11-15)10-14(12-16)17-8-3-4-9-17/h5-7,11,14H,2-4,8-10,12,16H2,1H3. The van der Waals surface area contributed by atoms with Crippen molar-refractivity contribution in [1.29, 1.82) is 0 Å². The second kappa shape index (κ2) is 6.76. The van der Waals surface area contributed by atoms with Gasteiger partial charge in [-0.3, -0.25) is 4.90 Å². The third-order valence-corrected chi connectivity index (χ3v) is 3.61. The predicted molar refractivity (Wildman–Crippen MR) is 75.0 cm³/mol. The van der Waals surface area contributed by atoms with Crippen LogP contribution in [0.1, 0.15) is 25.3 Å². The Labute approximate surface area is 110 Å². The van der Waals surface area contributed by atoms with Crippen molar-refractivity contribution in [2.24, 2.45) is 5.73 Å². The molecule has 2 rings (SSSR count). The van der Waals surface area contributed by atoms with Gasteiger partial charge < -0.3 is 10.5 Å². The van der Waals surface area contributed by atoms with Crippen LogP contribution in [0.25, 0.3) is 0 Å². The van der Waals surface area contributed by atoms with Gasteiger partial charge in [0.1, 0.15) is 5.75 Å². The zero-order valence-corrected chi connectivity index (χ0v) is 11.3. The number of hydrogen-bond donors (Lipinski definition) is 1. The second-order valence-electron chi connectivity index (χ2n) is 4.92. The van der Waals surface area contributed by atoms with Gasteiger partial charge in [0.25, 0.3) is 0 Å². The van der Waals surface area contributed by atoms with Gasteiger partial charge in [-0.1, -0.05) is 12.1 Å². The molecule has 1 aromatic carbocycles. The van der Waals surface area contributed by atoms with E-state index in [0.717, 1.165) is 25.3 Å². The molecule has 18 heavy (non-hydrogen) atoms. The molecule has 2 N–H and O–H groups in total. The first-order valence-electron chi connectivity index (χ1n) is 6.99. The van der Waals surface area contributed by atoms with E-state index >= 15 is 0 Å². The molecular formula is C15H24N2O. The van der Waals surface area contributed by atoms with Crippen molar-refractivity contribution in [2.75, 3.05) is 26.2 Å². The number of nitrogens with two attached hydrogens (primary N) is 1. The quantitative estimate of drug-likeness (QED) is 0.837. The van der Waals surface area contributed by atoms with Crippen molar-refractivity contribution in [3.8, 4) is 5.75 Å². The molecule has 0 aliphatic carbocycles. The first-order valence-corrected chi connectivity index (χ1v) is 6.99. The molecule has 0 spiro atoms. The maximum absolute atomic E-state index is 5.92. The van der Waals surface area contributed by atoms with Crippen LogP contribution >= 0.6 is 0 Å². The molecule has 3 heteroatoms. The lowest BCUT2D eigenvalue weighted by molar-refractivity contribution is 0.246. The lowest BCUT2D eigenvalue weighted by atomic mass is 10.0. The third-order valence-electron chi connectivity index (χ3n) is 3.61. The van der Waals surface area contributed by atoms with Gasteiger partial charge in [-0.2, -0.15) is 0 Å². The summed E-state index contributed by atoms with van der Waals surface area (Å²) in [7, 11) is 0. The molecule has 1 aliphatic rings. The molecule has 1 heterocycles. The summed E-state index contributed by atoms with van der Waals surface area (Å²) in [4.78, 5) is 2.52. The zero-order valence-electron chi connectivity index (χ0n) is 11.3. The van der Waals surface area contributed by atoms with Crippen LogP contribution in [0.5, 0.6) is 5.75 Å². The van der Waals surface area contributed by atoms with E-state index in [9.17, 15) is 0 Å². The minimum atomic E-state index is 0.476. The topological polar surface area (TPSA) is 38.5 Å². The van der Waals surface area contributed by atoms with Crippen molar-refractivity contribution in [3.05, 3.63) is 29.8 Å². The molecule has 3 nitrogen and oxygen atoms in total. The highest BCUT2D eigenvalue weighted by Gasteiger charge is 2.20. The molecule has 1 fully saturated rings. The van der Waals surface area contributed by atoms with E-state index < -0.39 is 0 Å². The van der Waals surface area contributed by atoms with Crippen LogP contribution in [0.2, 0.25) is 0 Å². The molecule has 0 radical (unpaired) electrons. The number of benzene rings is 1. The van der Waals surface area contributed by atoms with Crippen LogP contribution in [-0.2, 0) is 6.42 Å². The fourth-order valence-corrected chi connectivity index (χ4v) is 2.67. The smallest absolute Gasteiger partial charge is 0.119 e.